The first-order chi connectivity index (χ1) is 23.0. The second-order valence-electron chi connectivity index (χ2n) is 9.21. The van der Waals surface area contributed by atoms with Crippen LogP contribution in [0.1, 0.15) is 22.0 Å². The number of nitrogens with two attached hydrogens (primary N) is 2. The molecule has 5 aromatic rings. The fourth-order valence-electron chi connectivity index (χ4n) is 3.62. The molecule has 0 unspecified atom stereocenters. The van der Waals surface area contributed by atoms with Crippen molar-refractivity contribution in [3.05, 3.63) is 77.9 Å². The molecule has 0 saturated carbocycles. The largest absolute Gasteiger partial charge is 0.490 e. The Morgan fingerprint density at radius 3 is 1.98 bits per heavy atom. The molecule has 1 amide bonds. The maximum atomic E-state index is 14.8. The zero-order valence-electron chi connectivity index (χ0n) is 24.1. The Balaban J connectivity index is 0.000000408. The summed E-state index contributed by atoms with van der Waals surface area (Å²) in [6.45, 7) is 0.116. The molecule has 0 atom stereocenters. The number of nitrogen functional groups attached to an aromatic ring is 1. The monoisotopic (exact) mass is 728 g/mol. The number of aromatic nitrogens is 5. The second-order valence-corrected chi connectivity index (χ2v) is 9.21. The highest BCUT2D eigenvalue weighted by Crippen LogP contribution is 2.31. The predicted octanol–water partition coefficient (Wildman–Crippen LogP) is 4.92. The number of alkyl halides is 9. The van der Waals surface area contributed by atoms with Crippen molar-refractivity contribution < 1.29 is 73.0 Å². The summed E-state index contributed by atoms with van der Waals surface area (Å²) < 4.78 is 126. The Kier molecular flexibility index (Phi) is 11.1. The third-order valence-electron chi connectivity index (χ3n) is 5.82. The molecule has 268 valence electrons. The number of halogens is 10. The number of carboxylic acids is 2. The smallest absolute Gasteiger partial charge is 0.475 e. The van der Waals surface area contributed by atoms with E-state index in [1.807, 2.05) is 0 Å². The molecule has 2 aromatic carbocycles. The molecule has 0 radical (unpaired) electrons. The van der Waals surface area contributed by atoms with Gasteiger partial charge in [-0.2, -0.15) is 44.6 Å². The molecule has 0 aliphatic carbocycles. The quantitative estimate of drug-likeness (QED) is 0.153. The lowest BCUT2D eigenvalue weighted by Gasteiger charge is -2.11. The Morgan fingerprint density at radius 1 is 0.880 bits per heavy atom. The number of hydrogen-bond acceptors (Lipinski definition) is 9. The number of anilines is 2. The van der Waals surface area contributed by atoms with Crippen molar-refractivity contribution in [3.63, 3.8) is 0 Å². The topological polar surface area (TPSA) is 217 Å². The first-order valence-corrected chi connectivity index (χ1v) is 12.8. The van der Waals surface area contributed by atoms with Crippen LogP contribution in [-0.2, 0) is 22.3 Å². The van der Waals surface area contributed by atoms with Gasteiger partial charge in [-0.1, -0.05) is 5.16 Å². The van der Waals surface area contributed by atoms with Gasteiger partial charge in [0, 0.05) is 30.2 Å². The number of carbonyl (C=O) groups is 3. The fourth-order valence-corrected chi connectivity index (χ4v) is 3.62. The molecular weight excluding hydrogens is 710 g/mol. The number of nitrogens with zero attached hydrogens (tertiary/aromatic N) is 5. The molecule has 14 nitrogen and oxygen atoms in total. The molecule has 0 saturated heterocycles. The van der Waals surface area contributed by atoms with Crippen molar-refractivity contribution in [2.45, 2.75) is 25.1 Å². The minimum Gasteiger partial charge on any atom is -0.475 e. The molecule has 0 aliphatic heterocycles. The van der Waals surface area contributed by atoms with Crippen LogP contribution in [0.4, 0.5) is 55.4 Å². The van der Waals surface area contributed by atoms with Crippen LogP contribution >= 0.6 is 0 Å². The average molecular weight is 728 g/mol. The number of nitrogens with one attached hydrogen (secondary N) is 1. The molecule has 5 rings (SSSR count). The van der Waals surface area contributed by atoms with Gasteiger partial charge in [0.2, 0.25) is 0 Å². The Labute approximate surface area is 269 Å². The number of fused-ring (bicyclic) bond motifs is 1. The molecular formula is C26H18F10N8O6. The average Bonchev–Trinajstić information content (AvgIpc) is 3.76. The number of imidazole rings is 1. The molecule has 0 spiro atoms. The van der Waals surface area contributed by atoms with Crippen LogP contribution in [0.3, 0.4) is 0 Å². The number of carboxylic acid groups (broad SMARTS) is 2. The molecule has 0 fully saturated rings. The van der Waals surface area contributed by atoms with E-state index in [2.05, 4.69) is 20.6 Å². The van der Waals surface area contributed by atoms with Crippen molar-refractivity contribution >= 4 is 40.3 Å². The molecule has 0 bridgehead atoms. The summed E-state index contributed by atoms with van der Waals surface area (Å²) in [6.07, 6.45) is -11.9. The minimum atomic E-state index is -5.08. The normalized spacial score (nSPS) is 11.7. The van der Waals surface area contributed by atoms with Gasteiger partial charge in [0.1, 0.15) is 17.3 Å². The van der Waals surface area contributed by atoms with Crippen LogP contribution in [-0.4, -0.2) is 64.9 Å². The summed E-state index contributed by atoms with van der Waals surface area (Å²) in [7, 11) is 0. The highest BCUT2D eigenvalue weighted by molar-refractivity contribution is 6.04. The van der Waals surface area contributed by atoms with Gasteiger partial charge in [-0.15, -0.1) is 0 Å². The number of rotatable bonds is 5. The van der Waals surface area contributed by atoms with Crippen LogP contribution in [0.2, 0.25) is 0 Å². The number of benzene rings is 2. The summed E-state index contributed by atoms with van der Waals surface area (Å²) in [6, 6.07) is 8.67. The van der Waals surface area contributed by atoms with Crippen LogP contribution < -0.4 is 16.8 Å². The van der Waals surface area contributed by atoms with Crippen molar-refractivity contribution in [1.29, 1.82) is 0 Å². The third kappa shape index (κ3) is 9.24. The Bertz CT molecular complexity index is 1990. The molecule has 3 heterocycles. The predicted molar refractivity (Wildman–Crippen MR) is 147 cm³/mol. The van der Waals surface area contributed by atoms with E-state index in [0.717, 1.165) is 10.7 Å². The third-order valence-corrected chi connectivity index (χ3v) is 5.82. The van der Waals surface area contributed by atoms with E-state index in [1.165, 1.54) is 36.5 Å². The zero-order chi connectivity index (χ0) is 37.8. The number of carbonyl (C=O) groups excluding carboxylic acids is 1. The van der Waals surface area contributed by atoms with E-state index in [-0.39, 0.29) is 23.7 Å². The van der Waals surface area contributed by atoms with Crippen molar-refractivity contribution in [2.24, 2.45) is 5.73 Å². The Morgan fingerprint density at radius 2 is 1.46 bits per heavy atom. The summed E-state index contributed by atoms with van der Waals surface area (Å²) in [5.74, 6) is -6.86. The van der Waals surface area contributed by atoms with Gasteiger partial charge < -0.3 is 36.1 Å². The van der Waals surface area contributed by atoms with Crippen LogP contribution in [0.25, 0.3) is 22.3 Å². The van der Waals surface area contributed by atoms with Gasteiger partial charge in [-0.05, 0) is 30.3 Å². The van der Waals surface area contributed by atoms with Crippen molar-refractivity contribution in [2.75, 3.05) is 11.1 Å². The lowest BCUT2D eigenvalue weighted by atomic mass is 10.2. The summed E-state index contributed by atoms with van der Waals surface area (Å²) in [5, 5.41) is 24.0. The van der Waals surface area contributed by atoms with E-state index in [4.69, 9.17) is 35.8 Å². The molecule has 3 aromatic heterocycles. The Hall–Kier alpha value is -6.20. The second kappa shape index (κ2) is 14.5. The van der Waals surface area contributed by atoms with E-state index in [1.54, 1.807) is 10.8 Å². The number of aliphatic carboxylic acids is 2. The van der Waals surface area contributed by atoms with E-state index >= 15 is 0 Å². The number of hydrogen-bond donors (Lipinski definition) is 5. The van der Waals surface area contributed by atoms with Crippen LogP contribution in [0, 0.1) is 5.82 Å². The van der Waals surface area contributed by atoms with Gasteiger partial charge in [-0.3, -0.25) is 4.79 Å². The lowest BCUT2D eigenvalue weighted by molar-refractivity contribution is -0.193. The summed E-state index contributed by atoms with van der Waals surface area (Å²) >= 11 is 0. The molecule has 50 heavy (non-hydrogen) atoms. The van der Waals surface area contributed by atoms with Crippen molar-refractivity contribution in [3.8, 4) is 11.4 Å². The highest BCUT2D eigenvalue weighted by atomic mass is 19.4. The minimum absolute atomic E-state index is 0.0129. The van der Waals surface area contributed by atoms with Gasteiger partial charge >= 0.3 is 30.5 Å². The molecule has 0 aliphatic rings. The highest BCUT2D eigenvalue weighted by Gasteiger charge is 2.39. The van der Waals surface area contributed by atoms with E-state index in [9.17, 15) is 48.7 Å². The van der Waals surface area contributed by atoms with Crippen LogP contribution in [0.15, 0.2) is 59.4 Å². The SMILES string of the molecule is NCc1nccn1-c1ccc(NC(=O)c2cc(C(F)(F)F)nn2-c2ccc3onc(N)c3c2)c(F)c1.O=C(O)C(F)(F)F.O=C(O)C(F)(F)F. The maximum Gasteiger partial charge on any atom is 0.490 e. The van der Waals surface area contributed by atoms with Crippen molar-refractivity contribution in [1.82, 2.24) is 24.5 Å². The maximum absolute atomic E-state index is 14.8. The summed E-state index contributed by atoms with van der Waals surface area (Å²) in [4.78, 5) is 34.9. The first kappa shape index (κ1) is 38.2. The van der Waals surface area contributed by atoms with E-state index in [0.29, 0.717) is 28.5 Å². The zero-order valence-corrected chi connectivity index (χ0v) is 24.1. The van der Waals surface area contributed by atoms with Gasteiger partial charge in [0.05, 0.1) is 23.3 Å². The van der Waals surface area contributed by atoms with Gasteiger partial charge in [0.15, 0.2) is 17.1 Å². The summed E-state index contributed by atoms with van der Waals surface area (Å²) in [5.41, 5.74) is 10.1. The lowest BCUT2D eigenvalue weighted by Crippen LogP contribution is -2.21. The fraction of sp³-hybridized carbons (Fsp3) is 0.154. The van der Waals surface area contributed by atoms with Gasteiger partial charge in [0.25, 0.3) is 5.91 Å². The molecule has 24 heteroatoms. The molecule has 7 N–H and O–H groups in total. The first-order valence-electron chi connectivity index (χ1n) is 12.8. The van der Waals surface area contributed by atoms with E-state index < -0.39 is 53.6 Å². The van der Waals surface area contributed by atoms with Crippen LogP contribution in [0.5, 0.6) is 0 Å². The number of amides is 1. The van der Waals surface area contributed by atoms with Gasteiger partial charge in [-0.25, -0.2) is 23.6 Å². The standard InChI is InChI=1S/C22H16F4N8O2.2C2HF3O2/c23-14-8-11(33-6-5-29-19(33)10-27)1-3-15(14)30-21(35)16-9-18(22(24,25)26)31-34(16)12-2-4-17-13(7-12)20(28)32-36-17;2*3-2(4,5)1(6)7/h1-9H,10,27H2,(H2,28,32)(H,30,35);2*(H,6,7).